The number of rotatable bonds is 9. The summed E-state index contributed by atoms with van der Waals surface area (Å²) in [5.74, 6) is -0.123. The molecule has 3 aromatic rings. The van der Waals surface area contributed by atoms with E-state index in [4.69, 9.17) is 9.26 Å². The maximum atomic E-state index is 13.4. The van der Waals surface area contributed by atoms with Crippen LogP contribution in [0, 0.1) is 19.8 Å². The molecule has 1 aliphatic heterocycles. The molecule has 224 valence electrons. The number of aliphatic hydroxyl groups is 1. The molecule has 4 rings (SSSR count). The molecule has 1 aromatic carbocycles. The molecule has 0 saturated carbocycles. The third-order valence-corrected chi connectivity index (χ3v) is 11.8. The first-order chi connectivity index (χ1) is 19.2. The summed E-state index contributed by atoms with van der Waals surface area (Å²) in [5, 5.41) is 15.3. The van der Waals surface area contributed by atoms with Crippen LogP contribution in [0.5, 0.6) is 5.75 Å². The van der Waals surface area contributed by atoms with Crippen molar-refractivity contribution in [2.24, 2.45) is 5.92 Å². The molecular weight excluding hydrogens is 593 g/mol. The number of anilines is 1. The average Bonchev–Trinajstić information content (AvgIpc) is 3.58. The smallest absolute Gasteiger partial charge is 0.271 e. The van der Waals surface area contributed by atoms with Crippen molar-refractivity contribution in [3.63, 3.8) is 0 Å². The SMILES string of the molecule is Cc1noc(C)c1S(=O)(=O)N(C)C[C@H]1Oc2ccc(NS(=O)(=O)c3cccs3)cc2CC(=O)N([C@@H](C)CO)C[C@@H]1C. The summed E-state index contributed by atoms with van der Waals surface area (Å²) in [7, 11) is -6.37. The molecule has 0 bridgehead atoms. The van der Waals surface area contributed by atoms with Crippen LogP contribution in [0.2, 0.25) is 0 Å². The van der Waals surface area contributed by atoms with Gasteiger partial charge in [0.25, 0.3) is 10.0 Å². The Labute approximate surface area is 244 Å². The van der Waals surface area contributed by atoms with E-state index in [9.17, 15) is 26.7 Å². The van der Waals surface area contributed by atoms with Crippen LogP contribution >= 0.6 is 11.3 Å². The van der Waals surface area contributed by atoms with Crippen LogP contribution in [0.3, 0.4) is 0 Å². The fraction of sp³-hybridized carbons (Fsp3) is 0.462. The van der Waals surface area contributed by atoms with Crippen molar-refractivity contribution in [3.05, 3.63) is 52.7 Å². The minimum absolute atomic E-state index is 0.00973. The van der Waals surface area contributed by atoms with Gasteiger partial charge in [-0.2, -0.15) is 4.31 Å². The van der Waals surface area contributed by atoms with Crippen molar-refractivity contribution >= 4 is 43.0 Å². The number of likely N-dealkylation sites (N-methyl/N-ethyl adjacent to an activating group) is 1. The third kappa shape index (κ3) is 6.59. The summed E-state index contributed by atoms with van der Waals surface area (Å²) in [6.07, 6.45) is -0.817. The number of aryl methyl sites for hydroxylation is 2. The first-order valence-electron chi connectivity index (χ1n) is 12.9. The molecule has 1 aliphatic rings. The fourth-order valence-electron chi connectivity index (χ4n) is 4.68. The van der Waals surface area contributed by atoms with Crippen molar-refractivity contribution in [1.29, 1.82) is 0 Å². The molecule has 3 atom stereocenters. The van der Waals surface area contributed by atoms with Crippen LogP contribution in [-0.4, -0.2) is 81.1 Å². The highest BCUT2D eigenvalue weighted by molar-refractivity contribution is 7.94. The van der Waals surface area contributed by atoms with Gasteiger partial charge in [-0.1, -0.05) is 18.1 Å². The van der Waals surface area contributed by atoms with Crippen LogP contribution in [0.25, 0.3) is 0 Å². The van der Waals surface area contributed by atoms with Crippen molar-refractivity contribution in [2.75, 3.05) is 31.5 Å². The molecular formula is C26H34N4O8S3. The maximum Gasteiger partial charge on any atom is 0.271 e. The van der Waals surface area contributed by atoms with Gasteiger partial charge in [0.1, 0.15) is 26.7 Å². The number of benzene rings is 1. The summed E-state index contributed by atoms with van der Waals surface area (Å²) < 4.78 is 67.8. The van der Waals surface area contributed by atoms with Gasteiger partial charge >= 0.3 is 0 Å². The molecule has 0 fully saturated rings. The number of hydrogen-bond donors (Lipinski definition) is 2. The number of nitrogens with one attached hydrogen (secondary N) is 1. The van der Waals surface area contributed by atoms with Crippen molar-refractivity contribution in [2.45, 2.75) is 55.4 Å². The van der Waals surface area contributed by atoms with E-state index in [1.54, 1.807) is 36.3 Å². The average molecular weight is 627 g/mol. The number of hydrogen-bond acceptors (Lipinski definition) is 10. The lowest BCUT2D eigenvalue weighted by Gasteiger charge is -2.33. The quantitative estimate of drug-likeness (QED) is 0.364. The van der Waals surface area contributed by atoms with Gasteiger partial charge in [0.15, 0.2) is 5.76 Å². The molecule has 2 N–H and O–H groups in total. The molecule has 0 saturated heterocycles. The molecule has 0 aliphatic carbocycles. The van der Waals surface area contributed by atoms with E-state index in [1.807, 2.05) is 6.92 Å². The van der Waals surface area contributed by atoms with Gasteiger partial charge in [0.05, 0.1) is 25.6 Å². The van der Waals surface area contributed by atoms with Gasteiger partial charge < -0.3 is 19.3 Å². The lowest BCUT2D eigenvalue weighted by Crippen LogP contribution is -2.48. The highest BCUT2D eigenvalue weighted by Gasteiger charge is 2.35. The number of sulfonamides is 2. The fourth-order valence-corrected chi connectivity index (χ4v) is 8.19. The minimum atomic E-state index is -3.98. The molecule has 41 heavy (non-hydrogen) atoms. The predicted octanol–water partition coefficient (Wildman–Crippen LogP) is 2.62. The number of fused-ring (bicyclic) bond motifs is 1. The Kier molecular flexibility index (Phi) is 9.13. The van der Waals surface area contributed by atoms with Gasteiger partial charge in [-0.15, -0.1) is 11.3 Å². The van der Waals surface area contributed by atoms with Gasteiger partial charge in [0, 0.05) is 30.8 Å². The number of aliphatic hydroxyl groups excluding tert-OH is 1. The van der Waals surface area contributed by atoms with Gasteiger partial charge in [-0.25, -0.2) is 16.8 Å². The second-order valence-electron chi connectivity index (χ2n) is 10.2. The summed E-state index contributed by atoms with van der Waals surface area (Å²) in [4.78, 5) is 15.0. The van der Waals surface area contributed by atoms with E-state index in [2.05, 4.69) is 9.88 Å². The zero-order valence-corrected chi connectivity index (χ0v) is 25.8. The Hall–Kier alpha value is -2.98. The number of carbonyl (C=O) groups excluding carboxylic acids is 1. The standard InChI is InChI=1S/C26H34N4O8S3/c1-16-13-30(17(2)15-31)24(32)12-20-11-21(28-40(33,34)25-7-6-10-39-25)8-9-22(20)37-23(16)14-29(5)41(35,36)26-18(3)27-38-19(26)4/h6-11,16-17,23,28,31H,12-15H2,1-5H3/t16-,17-,23+/m0/s1. The lowest BCUT2D eigenvalue weighted by atomic mass is 10.0. The summed E-state index contributed by atoms with van der Waals surface area (Å²) in [6, 6.07) is 7.27. The van der Waals surface area contributed by atoms with Crippen LogP contribution in [0.1, 0.15) is 30.9 Å². The van der Waals surface area contributed by atoms with E-state index in [0.29, 0.717) is 11.3 Å². The van der Waals surface area contributed by atoms with Gasteiger partial charge in [-0.3, -0.25) is 9.52 Å². The molecule has 3 heterocycles. The molecule has 0 spiro atoms. The highest BCUT2D eigenvalue weighted by atomic mass is 32.2. The highest BCUT2D eigenvalue weighted by Crippen LogP contribution is 2.31. The van der Waals surface area contributed by atoms with Crippen molar-refractivity contribution < 1.29 is 36.0 Å². The Morgan fingerprint density at radius 3 is 2.59 bits per heavy atom. The number of nitrogens with zero attached hydrogens (tertiary/aromatic N) is 3. The number of amides is 1. The molecule has 15 heteroatoms. The molecule has 0 unspecified atom stereocenters. The minimum Gasteiger partial charge on any atom is -0.488 e. The number of aromatic nitrogens is 1. The molecule has 12 nitrogen and oxygen atoms in total. The second-order valence-corrected chi connectivity index (χ2v) is 15.0. The predicted molar refractivity (Wildman–Crippen MR) is 153 cm³/mol. The number of thiophene rings is 1. The third-order valence-electron chi connectivity index (χ3n) is 7.00. The van der Waals surface area contributed by atoms with Crippen LogP contribution in [-0.2, 0) is 31.3 Å². The lowest BCUT2D eigenvalue weighted by molar-refractivity contribution is -0.134. The Balaban J connectivity index is 1.70. The molecule has 1 amide bonds. The summed E-state index contributed by atoms with van der Waals surface area (Å²) in [5.41, 5.74) is 0.915. The zero-order chi connectivity index (χ0) is 30.1. The number of ether oxygens (including phenoxy) is 1. The molecule has 2 aromatic heterocycles. The van der Waals surface area contributed by atoms with E-state index in [0.717, 1.165) is 11.3 Å². The zero-order valence-electron chi connectivity index (χ0n) is 23.4. The van der Waals surface area contributed by atoms with E-state index >= 15 is 0 Å². The monoisotopic (exact) mass is 626 g/mol. The van der Waals surface area contributed by atoms with Gasteiger partial charge in [-0.05, 0) is 50.4 Å². The van der Waals surface area contributed by atoms with Crippen LogP contribution in [0.4, 0.5) is 5.69 Å². The van der Waals surface area contributed by atoms with Crippen molar-refractivity contribution in [1.82, 2.24) is 14.4 Å². The Morgan fingerprint density at radius 2 is 1.98 bits per heavy atom. The largest absolute Gasteiger partial charge is 0.488 e. The second kappa shape index (κ2) is 12.1. The normalized spacial score (nSPS) is 19.2. The van der Waals surface area contributed by atoms with Crippen molar-refractivity contribution in [3.8, 4) is 5.75 Å². The van der Waals surface area contributed by atoms with Crippen LogP contribution in [0.15, 0.2) is 49.3 Å². The maximum absolute atomic E-state index is 13.4. The summed E-state index contributed by atoms with van der Waals surface area (Å²) in [6.45, 7) is 6.53. The van der Waals surface area contributed by atoms with Gasteiger partial charge in [0.2, 0.25) is 15.9 Å². The number of carbonyl (C=O) groups is 1. The first-order valence-corrected chi connectivity index (χ1v) is 16.7. The van der Waals surface area contributed by atoms with E-state index < -0.39 is 32.2 Å². The molecule has 0 radical (unpaired) electrons. The van der Waals surface area contributed by atoms with E-state index in [1.165, 1.54) is 36.5 Å². The Morgan fingerprint density at radius 1 is 1.24 bits per heavy atom. The summed E-state index contributed by atoms with van der Waals surface area (Å²) >= 11 is 1.08. The van der Waals surface area contributed by atoms with E-state index in [-0.39, 0.29) is 64.2 Å². The van der Waals surface area contributed by atoms with Crippen LogP contribution < -0.4 is 9.46 Å². The first kappa shape index (κ1) is 31.0. The topological polar surface area (TPSA) is 159 Å². The Bertz CT molecular complexity index is 1580.